The molecule has 1 saturated heterocycles. The lowest BCUT2D eigenvalue weighted by molar-refractivity contribution is -0.137. The summed E-state index contributed by atoms with van der Waals surface area (Å²) in [6.07, 6.45) is -1.53. The van der Waals surface area contributed by atoms with E-state index in [-0.39, 0.29) is 5.91 Å². The van der Waals surface area contributed by atoms with Gasteiger partial charge in [-0.3, -0.25) is 4.79 Å². The van der Waals surface area contributed by atoms with E-state index in [2.05, 4.69) is 22.1 Å². The number of alkyl halides is 3. The molecular weight excluding hydrogens is 359 g/mol. The number of carbonyl (C=O) groups is 1. The molecule has 6 nitrogen and oxygen atoms in total. The van der Waals surface area contributed by atoms with Crippen molar-refractivity contribution in [1.29, 1.82) is 0 Å². The Morgan fingerprint density at radius 2 is 1.78 bits per heavy atom. The molecule has 142 valence electrons. The molecule has 2 heterocycles. The number of halogens is 3. The van der Waals surface area contributed by atoms with Crippen LogP contribution in [0.1, 0.15) is 5.56 Å². The Bertz CT molecular complexity index is 814. The molecule has 27 heavy (non-hydrogen) atoms. The molecule has 1 aliphatic heterocycles. The van der Waals surface area contributed by atoms with Gasteiger partial charge in [-0.25, -0.2) is 0 Å². The Kier molecular flexibility index (Phi) is 5.29. The zero-order valence-corrected chi connectivity index (χ0v) is 14.4. The van der Waals surface area contributed by atoms with Crippen LogP contribution in [0.3, 0.4) is 0 Å². The molecule has 1 aliphatic rings. The minimum absolute atomic E-state index is 0.106. The predicted molar refractivity (Wildman–Crippen MR) is 95.7 cm³/mol. The third-order valence-corrected chi connectivity index (χ3v) is 4.28. The number of nitrogens with zero attached hydrogens (tertiary/aromatic N) is 4. The van der Waals surface area contributed by atoms with Crippen LogP contribution in [-0.4, -0.2) is 47.2 Å². The standard InChI is InChI=1S/C18H18F3N5O/c1-2-16(27)26-11-9-25(10-12-26)15-7-8-22-24-17(15)23-14-5-3-13(4-6-14)18(19,20)21/h2-8H,1,9-12H2,(H,23,24). The van der Waals surface area contributed by atoms with E-state index in [1.807, 2.05) is 4.90 Å². The summed E-state index contributed by atoms with van der Waals surface area (Å²) < 4.78 is 38.1. The highest BCUT2D eigenvalue weighted by atomic mass is 19.4. The van der Waals surface area contributed by atoms with Gasteiger partial charge in [-0.2, -0.15) is 18.3 Å². The average Bonchev–Trinajstić information content (AvgIpc) is 2.68. The number of benzene rings is 1. The van der Waals surface area contributed by atoms with Gasteiger partial charge in [0.1, 0.15) is 0 Å². The van der Waals surface area contributed by atoms with Crippen molar-refractivity contribution in [3.8, 4) is 0 Å². The molecule has 0 radical (unpaired) electrons. The highest BCUT2D eigenvalue weighted by Crippen LogP contribution is 2.31. The van der Waals surface area contributed by atoms with Gasteiger partial charge in [-0.1, -0.05) is 6.58 Å². The molecule has 0 spiro atoms. The van der Waals surface area contributed by atoms with Crippen molar-refractivity contribution in [2.24, 2.45) is 0 Å². The normalized spacial score (nSPS) is 14.8. The summed E-state index contributed by atoms with van der Waals surface area (Å²) in [6, 6.07) is 6.50. The predicted octanol–water partition coefficient (Wildman–Crippen LogP) is 3.07. The van der Waals surface area contributed by atoms with Gasteiger partial charge in [0, 0.05) is 31.9 Å². The van der Waals surface area contributed by atoms with E-state index < -0.39 is 11.7 Å². The second-order valence-corrected chi connectivity index (χ2v) is 5.98. The third-order valence-electron chi connectivity index (χ3n) is 4.28. The van der Waals surface area contributed by atoms with Crippen molar-refractivity contribution in [2.75, 3.05) is 36.4 Å². The van der Waals surface area contributed by atoms with Gasteiger partial charge in [-0.15, -0.1) is 5.10 Å². The average molecular weight is 377 g/mol. The highest BCUT2D eigenvalue weighted by molar-refractivity contribution is 5.87. The van der Waals surface area contributed by atoms with Crippen molar-refractivity contribution in [3.63, 3.8) is 0 Å². The number of anilines is 3. The minimum atomic E-state index is -4.38. The molecule has 1 aromatic carbocycles. The minimum Gasteiger partial charge on any atom is -0.365 e. The number of aromatic nitrogens is 2. The molecule has 0 unspecified atom stereocenters. The summed E-state index contributed by atoms with van der Waals surface area (Å²) in [7, 11) is 0. The second kappa shape index (κ2) is 7.65. The van der Waals surface area contributed by atoms with Crippen LogP contribution in [0.2, 0.25) is 0 Å². The number of hydrogen-bond acceptors (Lipinski definition) is 5. The van der Waals surface area contributed by atoms with Crippen LogP contribution in [0.4, 0.5) is 30.4 Å². The SMILES string of the molecule is C=CC(=O)N1CCN(c2ccnnc2Nc2ccc(C(F)(F)F)cc2)CC1. The van der Waals surface area contributed by atoms with Crippen LogP contribution in [0.25, 0.3) is 0 Å². The topological polar surface area (TPSA) is 61.4 Å². The van der Waals surface area contributed by atoms with E-state index in [4.69, 9.17) is 0 Å². The Hall–Kier alpha value is -3.10. The van der Waals surface area contributed by atoms with Crippen LogP contribution in [0.5, 0.6) is 0 Å². The van der Waals surface area contributed by atoms with Crippen molar-refractivity contribution in [2.45, 2.75) is 6.18 Å². The lowest BCUT2D eigenvalue weighted by Crippen LogP contribution is -2.48. The molecule has 1 amide bonds. The summed E-state index contributed by atoms with van der Waals surface area (Å²) in [6.45, 7) is 5.80. The molecule has 0 aliphatic carbocycles. The first-order valence-electron chi connectivity index (χ1n) is 8.31. The van der Waals surface area contributed by atoms with Gasteiger partial charge in [0.2, 0.25) is 5.91 Å². The first-order chi connectivity index (χ1) is 12.9. The number of nitrogens with one attached hydrogen (secondary N) is 1. The van der Waals surface area contributed by atoms with E-state index in [0.29, 0.717) is 37.7 Å². The van der Waals surface area contributed by atoms with Crippen LogP contribution in [-0.2, 0) is 11.0 Å². The Morgan fingerprint density at radius 1 is 1.11 bits per heavy atom. The molecule has 1 aromatic heterocycles. The van der Waals surface area contributed by atoms with Gasteiger partial charge in [0.05, 0.1) is 17.4 Å². The Morgan fingerprint density at radius 3 is 2.37 bits per heavy atom. The maximum Gasteiger partial charge on any atom is 0.416 e. The number of amides is 1. The monoisotopic (exact) mass is 377 g/mol. The summed E-state index contributed by atoms with van der Waals surface area (Å²) >= 11 is 0. The van der Waals surface area contributed by atoms with Crippen LogP contribution in [0, 0.1) is 0 Å². The zero-order chi connectivity index (χ0) is 19.4. The fourth-order valence-corrected chi connectivity index (χ4v) is 2.85. The largest absolute Gasteiger partial charge is 0.416 e. The van der Waals surface area contributed by atoms with Gasteiger partial charge in [-0.05, 0) is 36.4 Å². The van der Waals surface area contributed by atoms with Gasteiger partial charge < -0.3 is 15.1 Å². The molecule has 2 aromatic rings. The smallest absolute Gasteiger partial charge is 0.365 e. The second-order valence-electron chi connectivity index (χ2n) is 5.98. The van der Waals surface area contributed by atoms with E-state index in [9.17, 15) is 18.0 Å². The van der Waals surface area contributed by atoms with E-state index in [1.165, 1.54) is 18.2 Å². The van der Waals surface area contributed by atoms with Crippen molar-refractivity contribution < 1.29 is 18.0 Å². The lowest BCUT2D eigenvalue weighted by atomic mass is 10.2. The van der Waals surface area contributed by atoms with Crippen molar-refractivity contribution in [3.05, 3.63) is 54.7 Å². The number of rotatable bonds is 4. The first-order valence-corrected chi connectivity index (χ1v) is 8.31. The van der Waals surface area contributed by atoms with Gasteiger partial charge in [0.25, 0.3) is 0 Å². The quantitative estimate of drug-likeness (QED) is 0.830. The zero-order valence-electron chi connectivity index (χ0n) is 14.4. The molecule has 0 atom stereocenters. The fourth-order valence-electron chi connectivity index (χ4n) is 2.85. The molecule has 0 bridgehead atoms. The number of carbonyl (C=O) groups excluding carboxylic acids is 1. The molecule has 9 heteroatoms. The fraction of sp³-hybridized carbons (Fsp3) is 0.278. The summed E-state index contributed by atoms with van der Waals surface area (Å²) in [5.41, 5.74) is 0.538. The van der Waals surface area contributed by atoms with Crippen molar-refractivity contribution in [1.82, 2.24) is 15.1 Å². The lowest BCUT2D eigenvalue weighted by Gasteiger charge is -2.36. The van der Waals surface area contributed by atoms with Crippen LogP contribution < -0.4 is 10.2 Å². The third kappa shape index (κ3) is 4.36. The van der Waals surface area contributed by atoms with E-state index in [1.54, 1.807) is 17.2 Å². The van der Waals surface area contributed by atoms with Crippen molar-refractivity contribution >= 4 is 23.1 Å². The molecular formula is C18H18F3N5O. The van der Waals surface area contributed by atoms with E-state index >= 15 is 0 Å². The van der Waals surface area contributed by atoms with Gasteiger partial charge >= 0.3 is 6.18 Å². The molecule has 0 saturated carbocycles. The molecule has 1 fully saturated rings. The highest BCUT2D eigenvalue weighted by Gasteiger charge is 2.30. The number of hydrogen-bond donors (Lipinski definition) is 1. The van der Waals surface area contributed by atoms with Crippen LogP contribution in [0.15, 0.2) is 49.2 Å². The summed E-state index contributed by atoms with van der Waals surface area (Å²) in [5.74, 6) is 0.339. The Labute approximate surface area is 154 Å². The summed E-state index contributed by atoms with van der Waals surface area (Å²) in [5, 5.41) is 10.9. The van der Waals surface area contributed by atoms with E-state index in [0.717, 1.165) is 17.8 Å². The van der Waals surface area contributed by atoms with Gasteiger partial charge in [0.15, 0.2) is 5.82 Å². The number of piperazine rings is 1. The Balaban J connectivity index is 1.73. The maximum absolute atomic E-state index is 12.7. The molecule has 1 N–H and O–H groups in total. The summed E-state index contributed by atoms with van der Waals surface area (Å²) in [4.78, 5) is 15.4. The van der Waals surface area contributed by atoms with Crippen LogP contribution >= 0.6 is 0 Å². The molecule has 3 rings (SSSR count). The first kappa shape index (κ1) is 18.7. The maximum atomic E-state index is 12.7.